The molecule has 0 bridgehead atoms. The van der Waals surface area contributed by atoms with Gasteiger partial charge in [-0.3, -0.25) is 4.79 Å². The minimum Gasteiger partial charge on any atom is -0.331 e. The first-order valence-corrected chi connectivity index (χ1v) is 9.33. The molecule has 0 amide bonds. The van der Waals surface area contributed by atoms with Crippen LogP contribution >= 0.6 is 11.6 Å². The first-order valence-electron chi connectivity index (χ1n) is 8.95. The molecule has 1 N–H and O–H groups in total. The van der Waals surface area contributed by atoms with Crippen LogP contribution in [0.15, 0.2) is 47.3 Å². The molecule has 0 fully saturated rings. The van der Waals surface area contributed by atoms with E-state index in [1.165, 1.54) is 25.1 Å². The number of benzene rings is 2. The Balaban J connectivity index is 2.14. The smallest absolute Gasteiger partial charge is 0.331 e. The Kier molecular flexibility index (Phi) is 4.84. The maximum Gasteiger partial charge on any atom is 0.416 e. The summed E-state index contributed by atoms with van der Waals surface area (Å²) < 4.78 is 80.8. The normalized spacial score (nSPS) is 12.8. The van der Waals surface area contributed by atoms with Gasteiger partial charge in [0.1, 0.15) is 6.54 Å². The monoisotopic (exact) mass is 458 g/mol. The van der Waals surface area contributed by atoms with Crippen LogP contribution in [0.1, 0.15) is 11.1 Å². The van der Waals surface area contributed by atoms with Crippen LogP contribution in [0.3, 0.4) is 0 Å². The van der Waals surface area contributed by atoms with E-state index in [0.717, 1.165) is 28.8 Å². The number of halogens is 7. The highest BCUT2D eigenvalue weighted by molar-refractivity contribution is 6.37. The van der Waals surface area contributed by atoms with Crippen LogP contribution in [0.4, 0.5) is 26.3 Å². The molecule has 0 atom stereocenters. The Morgan fingerprint density at radius 3 is 2.35 bits per heavy atom. The van der Waals surface area contributed by atoms with Crippen LogP contribution in [0.2, 0.25) is 5.02 Å². The molecule has 0 aliphatic heterocycles. The minimum absolute atomic E-state index is 0.00630. The van der Waals surface area contributed by atoms with Gasteiger partial charge in [-0.05, 0) is 42.3 Å². The Bertz CT molecular complexity index is 1380. The largest absolute Gasteiger partial charge is 0.416 e. The molecule has 162 valence electrons. The van der Waals surface area contributed by atoms with Gasteiger partial charge in [-0.25, -0.2) is 0 Å². The van der Waals surface area contributed by atoms with E-state index in [9.17, 15) is 31.1 Å². The molecule has 2 heterocycles. The van der Waals surface area contributed by atoms with Gasteiger partial charge in [0, 0.05) is 22.4 Å². The Hall–Kier alpha value is -2.94. The first-order chi connectivity index (χ1) is 14.4. The number of H-pyrrole nitrogens is 1. The number of hydrogen-bond acceptors (Lipinski definition) is 1. The molecule has 0 saturated heterocycles. The third-order valence-electron chi connectivity index (χ3n) is 5.03. The molecule has 4 rings (SSSR count). The van der Waals surface area contributed by atoms with Crippen molar-refractivity contribution in [1.82, 2.24) is 9.55 Å². The third kappa shape index (κ3) is 3.78. The van der Waals surface area contributed by atoms with Gasteiger partial charge < -0.3 is 9.55 Å². The molecule has 31 heavy (non-hydrogen) atoms. The highest BCUT2D eigenvalue weighted by atomic mass is 35.5. The molecule has 0 saturated carbocycles. The number of alkyl halides is 6. The van der Waals surface area contributed by atoms with E-state index in [1.807, 2.05) is 0 Å². The maximum atomic E-state index is 13.4. The number of aryl methyl sites for hydroxylation is 1. The molecule has 10 heteroatoms. The van der Waals surface area contributed by atoms with Crippen LogP contribution < -0.4 is 5.56 Å². The zero-order valence-electron chi connectivity index (χ0n) is 15.7. The van der Waals surface area contributed by atoms with E-state index in [1.54, 1.807) is 0 Å². The molecule has 0 unspecified atom stereocenters. The molecular formula is C21H13ClF6N2O. The lowest BCUT2D eigenvalue weighted by Gasteiger charge is -2.15. The van der Waals surface area contributed by atoms with Crippen molar-refractivity contribution < 1.29 is 26.3 Å². The fraction of sp³-hybridized carbons (Fsp3) is 0.190. The van der Waals surface area contributed by atoms with Crippen LogP contribution in [-0.2, 0) is 12.7 Å². The summed E-state index contributed by atoms with van der Waals surface area (Å²) in [5, 5.41) is 0.688. The molecular weight excluding hydrogens is 446 g/mol. The molecule has 4 aromatic rings. The van der Waals surface area contributed by atoms with E-state index in [0.29, 0.717) is 21.9 Å². The number of fused-ring (bicyclic) bond motifs is 3. The average Bonchev–Trinajstić information content (AvgIpc) is 2.91. The lowest BCUT2D eigenvalue weighted by molar-refractivity contribution is -0.140. The molecule has 0 radical (unpaired) electrons. The van der Waals surface area contributed by atoms with Crippen molar-refractivity contribution in [3.63, 3.8) is 0 Å². The van der Waals surface area contributed by atoms with Crippen molar-refractivity contribution in [2.45, 2.75) is 25.8 Å². The van der Waals surface area contributed by atoms with E-state index in [-0.39, 0.29) is 21.8 Å². The summed E-state index contributed by atoms with van der Waals surface area (Å²) in [5.74, 6) is 0. The van der Waals surface area contributed by atoms with Gasteiger partial charge in [-0.15, -0.1) is 0 Å². The number of pyridine rings is 1. The summed E-state index contributed by atoms with van der Waals surface area (Å²) in [6, 6.07) is 8.07. The fourth-order valence-corrected chi connectivity index (χ4v) is 4.20. The molecule has 0 aliphatic carbocycles. The number of nitrogens with one attached hydrogen (secondary N) is 1. The van der Waals surface area contributed by atoms with E-state index < -0.39 is 30.0 Å². The van der Waals surface area contributed by atoms with Crippen molar-refractivity contribution >= 4 is 33.4 Å². The molecule has 2 aromatic heterocycles. The highest BCUT2D eigenvalue weighted by Crippen LogP contribution is 2.41. The zero-order chi connectivity index (χ0) is 22.7. The van der Waals surface area contributed by atoms with Crippen molar-refractivity contribution in [1.29, 1.82) is 0 Å². The topological polar surface area (TPSA) is 37.8 Å². The average molecular weight is 459 g/mol. The SMILES string of the molecule is Cc1c(-c2cccc(C(F)(F)F)c2)n(CC(F)(F)F)c2ccc3[nH]c(=O)cc(Cl)c3c12. The second-order valence-corrected chi connectivity index (χ2v) is 7.52. The Labute approximate surface area is 175 Å². The van der Waals surface area contributed by atoms with E-state index >= 15 is 0 Å². The Morgan fingerprint density at radius 2 is 1.71 bits per heavy atom. The molecule has 3 nitrogen and oxygen atoms in total. The van der Waals surface area contributed by atoms with Crippen LogP contribution in [0.25, 0.3) is 33.1 Å². The number of aromatic nitrogens is 2. The van der Waals surface area contributed by atoms with Gasteiger partial charge in [-0.2, -0.15) is 26.3 Å². The molecule has 2 aromatic carbocycles. The highest BCUT2D eigenvalue weighted by Gasteiger charge is 2.33. The van der Waals surface area contributed by atoms with Crippen molar-refractivity contribution in [3.05, 3.63) is 69.0 Å². The third-order valence-corrected chi connectivity index (χ3v) is 5.33. The van der Waals surface area contributed by atoms with Gasteiger partial charge in [0.15, 0.2) is 0 Å². The minimum atomic E-state index is -4.65. The Morgan fingerprint density at radius 1 is 1.00 bits per heavy atom. The summed E-state index contributed by atoms with van der Waals surface area (Å²) in [7, 11) is 0. The van der Waals surface area contributed by atoms with Crippen molar-refractivity contribution in [2.24, 2.45) is 0 Å². The lowest BCUT2D eigenvalue weighted by atomic mass is 10.0. The molecule has 0 aliphatic rings. The number of rotatable bonds is 2. The zero-order valence-corrected chi connectivity index (χ0v) is 16.5. The predicted molar refractivity (Wildman–Crippen MR) is 106 cm³/mol. The van der Waals surface area contributed by atoms with E-state index in [4.69, 9.17) is 11.6 Å². The summed E-state index contributed by atoms with van der Waals surface area (Å²) in [6.07, 6.45) is -9.28. The van der Waals surface area contributed by atoms with Crippen molar-refractivity contribution in [3.8, 4) is 11.3 Å². The van der Waals surface area contributed by atoms with Gasteiger partial charge >= 0.3 is 12.4 Å². The number of aromatic amines is 1. The summed E-state index contributed by atoms with van der Waals surface area (Å²) in [6.45, 7) is 0.112. The second kappa shape index (κ2) is 7.05. The second-order valence-electron chi connectivity index (χ2n) is 7.12. The summed E-state index contributed by atoms with van der Waals surface area (Å²) >= 11 is 6.24. The number of hydrogen-bond donors (Lipinski definition) is 1. The van der Waals surface area contributed by atoms with Crippen molar-refractivity contribution in [2.75, 3.05) is 0 Å². The summed E-state index contributed by atoms with van der Waals surface area (Å²) in [4.78, 5) is 14.3. The standard InChI is InChI=1S/C21H13ClF6N2O/c1-10-17-15(6-5-14-18(17)13(22)8-16(31)29-14)30(9-20(23,24)25)19(10)11-3-2-4-12(7-11)21(26,27)28/h2-8H,9H2,1H3,(H,29,31). The molecule has 0 spiro atoms. The first kappa shape index (κ1) is 21.3. The number of nitrogens with zero attached hydrogens (tertiary/aromatic N) is 1. The van der Waals surface area contributed by atoms with E-state index in [2.05, 4.69) is 4.98 Å². The van der Waals surface area contributed by atoms with Crippen LogP contribution in [0, 0.1) is 6.92 Å². The quantitative estimate of drug-likeness (QED) is 0.334. The van der Waals surface area contributed by atoms with Gasteiger partial charge in [0.25, 0.3) is 0 Å². The van der Waals surface area contributed by atoms with Gasteiger partial charge in [-0.1, -0.05) is 23.7 Å². The fourth-order valence-electron chi connectivity index (χ4n) is 3.90. The maximum absolute atomic E-state index is 13.4. The summed E-state index contributed by atoms with van der Waals surface area (Å²) in [5.41, 5.74) is -0.702. The van der Waals surface area contributed by atoms with Gasteiger partial charge in [0.05, 0.1) is 21.8 Å². The predicted octanol–water partition coefficient (Wildman–Crippen LogP) is 6.69. The lowest BCUT2D eigenvalue weighted by Crippen LogP contribution is -2.18. The van der Waals surface area contributed by atoms with Crippen LogP contribution in [-0.4, -0.2) is 15.7 Å². The van der Waals surface area contributed by atoms with Gasteiger partial charge in [0.2, 0.25) is 5.56 Å². The van der Waals surface area contributed by atoms with Crippen LogP contribution in [0.5, 0.6) is 0 Å².